The van der Waals surface area contributed by atoms with Gasteiger partial charge in [0, 0.05) is 11.1 Å². The summed E-state index contributed by atoms with van der Waals surface area (Å²) in [5.41, 5.74) is 4.60. The number of anilines is 1. The molecule has 3 aromatic carbocycles. The Morgan fingerprint density at radius 1 is 1.07 bits per heavy atom. The molecule has 0 aliphatic carbocycles. The predicted octanol–water partition coefficient (Wildman–Crippen LogP) is 5.32. The lowest BCUT2D eigenvalue weighted by Crippen LogP contribution is -2.12. The van der Waals surface area contributed by atoms with Crippen LogP contribution in [0.1, 0.15) is 22.8 Å². The van der Waals surface area contributed by atoms with Crippen molar-refractivity contribution in [2.45, 2.75) is 13.3 Å². The van der Waals surface area contributed by atoms with E-state index in [1.807, 2.05) is 60.7 Å². The van der Waals surface area contributed by atoms with Crippen LogP contribution >= 0.6 is 0 Å². The first-order valence-corrected chi connectivity index (χ1v) is 9.12. The summed E-state index contributed by atoms with van der Waals surface area (Å²) >= 11 is 0. The Hall–Kier alpha value is -3.60. The molecule has 0 bridgehead atoms. The van der Waals surface area contributed by atoms with E-state index in [0.717, 1.165) is 23.1 Å². The minimum atomic E-state index is -0.198. The molecule has 0 fully saturated rings. The number of fused-ring (bicyclic) bond motifs is 1. The lowest BCUT2D eigenvalue weighted by Gasteiger charge is -2.11. The quantitative estimate of drug-likeness (QED) is 0.515. The second-order valence-corrected chi connectivity index (χ2v) is 6.41. The predicted molar refractivity (Wildman–Crippen MR) is 110 cm³/mol. The van der Waals surface area contributed by atoms with Crippen molar-refractivity contribution in [1.82, 2.24) is 4.98 Å². The van der Waals surface area contributed by atoms with Crippen LogP contribution in [0.15, 0.2) is 71.1 Å². The number of ether oxygens (including phenoxy) is 1. The molecular weight excluding hydrogens is 352 g/mol. The Balaban J connectivity index is 1.65. The normalized spacial score (nSPS) is 10.8. The Bertz CT molecular complexity index is 1100. The fourth-order valence-corrected chi connectivity index (χ4v) is 3.02. The van der Waals surface area contributed by atoms with Crippen molar-refractivity contribution >= 4 is 22.7 Å². The molecule has 28 heavy (non-hydrogen) atoms. The molecule has 0 aliphatic heterocycles. The SMILES string of the molecule is CCc1ccc(C(=O)Nc2cc(-c3nc4ccccc4o3)ccc2OC)cc1. The van der Waals surface area contributed by atoms with Gasteiger partial charge in [0.25, 0.3) is 5.91 Å². The third kappa shape index (κ3) is 3.47. The lowest BCUT2D eigenvalue weighted by molar-refractivity contribution is 0.102. The number of hydrogen-bond donors (Lipinski definition) is 1. The minimum absolute atomic E-state index is 0.198. The zero-order chi connectivity index (χ0) is 19.5. The first-order valence-electron chi connectivity index (χ1n) is 9.12. The molecule has 1 N–H and O–H groups in total. The third-order valence-electron chi connectivity index (χ3n) is 4.61. The highest BCUT2D eigenvalue weighted by molar-refractivity contribution is 6.05. The Labute approximate surface area is 163 Å². The average molecular weight is 372 g/mol. The number of benzene rings is 3. The molecule has 1 aromatic heterocycles. The number of nitrogens with zero attached hydrogens (tertiary/aromatic N) is 1. The van der Waals surface area contributed by atoms with Gasteiger partial charge in [0.1, 0.15) is 11.3 Å². The van der Waals surface area contributed by atoms with Gasteiger partial charge in [-0.05, 0) is 54.4 Å². The van der Waals surface area contributed by atoms with Crippen molar-refractivity contribution in [1.29, 1.82) is 0 Å². The summed E-state index contributed by atoms with van der Waals surface area (Å²) in [6, 6.07) is 20.6. The van der Waals surface area contributed by atoms with E-state index in [9.17, 15) is 4.79 Å². The minimum Gasteiger partial charge on any atom is -0.495 e. The van der Waals surface area contributed by atoms with Gasteiger partial charge >= 0.3 is 0 Å². The zero-order valence-electron chi connectivity index (χ0n) is 15.7. The van der Waals surface area contributed by atoms with Gasteiger partial charge in [-0.2, -0.15) is 0 Å². The van der Waals surface area contributed by atoms with Crippen molar-refractivity contribution < 1.29 is 13.9 Å². The van der Waals surface area contributed by atoms with Crippen LogP contribution in [0.4, 0.5) is 5.69 Å². The zero-order valence-corrected chi connectivity index (χ0v) is 15.7. The molecule has 140 valence electrons. The highest BCUT2D eigenvalue weighted by Crippen LogP contribution is 2.32. The summed E-state index contributed by atoms with van der Waals surface area (Å²) in [6.07, 6.45) is 0.933. The lowest BCUT2D eigenvalue weighted by atomic mass is 10.1. The first-order chi connectivity index (χ1) is 13.7. The summed E-state index contributed by atoms with van der Waals surface area (Å²) in [7, 11) is 1.57. The van der Waals surface area contributed by atoms with Gasteiger partial charge in [0.05, 0.1) is 12.8 Å². The Kier molecular flexibility index (Phi) is 4.81. The number of carbonyl (C=O) groups is 1. The molecule has 0 radical (unpaired) electrons. The molecule has 0 spiro atoms. The number of rotatable bonds is 5. The first kappa shape index (κ1) is 17.8. The number of nitrogens with one attached hydrogen (secondary N) is 1. The van der Waals surface area contributed by atoms with Crippen molar-refractivity contribution in [2.24, 2.45) is 0 Å². The van der Waals surface area contributed by atoms with E-state index >= 15 is 0 Å². The number of amides is 1. The molecule has 4 aromatic rings. The summed E-state index contributed by atoms with van der Waals surface area (Å²) < 4.78 is 11.2. The summed E-state index contributed by atoms with van der Waals surface area (Å²) in [4.78, 5) is 17.2. The highest BCUT2D eigenvalue weighted by atomic mass is 16.5. The van der Waals surface area contributed by atoms with E-state index < -0.39 is 0 Å². The standard InChI is InChI=1S/C23H20N2O3/c1-3-15-8-10-16(11-9-15)22(26)24-19-14-17(12-13-20(19)27-2)23-25-18-6-4-5-7-21(18)28-23/h4-14H,3H2,1-2H3,(H,24,26). The van der Waals surface area contributed by atoms with E-state index in [0.29, 0.717) is 22.9 Å². The molecule has 4 rings (SSSR count). The van der Waals surface area contributed by atoms with Crippen molar-refractivity contribution in [3.63, 3.8) is 0 Å². The van der Waals surface area contributed by atoms with Gasteiger partial charge in [-0.15, -0.1) is 0 Å². The van der Waals surface area contributed by atoms with Gasteiger partial charge in [-0.3, -0.25) is 4.79 Å². The van der Waals surface area contributed by atoms with Gasteiger partial charge < -0.3 is 14.5 Å². The number of methoxy groups -OCH3 is 1. The van der Waals surface area contributed by atoms with Crippen LogP contribution in [-0.2, 0) is 6.42 Å². The van der Waals surface area contributed by atoms with Crippen LogP contribution in [-0.4, -0.2) is 18.0 Å². The molecule has 0 saturated heterocycles. The number of aryl methyl sites for hydroxylation is 1. The molecule has 5 heteroatoms. The van der Waals surface area contributed by atoms with Crippen LogP contribution in [0, 0.1) is 0 Å². The number of carbonyl (C=O) groups excluding carboxylic acids is 1. The summed E-state index contributed by atoms with van der Waals surface area (Å²) in [6.45, 7) is 2.08. The fourth-order valence-electron chi connectivity index (χ4n) is 3.02. The molecule has 0 aliphatic rings. The summed E-state index contributed by atoms with van der Waals surface area (Å²) in [5, 5.41) is 2.93. The molecule has 0 unspecified atom stereocenters. The second-order valence-electron chi connectivity index (χ2n) is 6.41. The number of oxazole rings is 1. The Morgan fingerprint density at radius 3 is 2.57 bits per heavy atom. The second kappa shape index (κ2) is 7.56. The largest absolute Gasteiger partial charge is 0.495 e. The maximum absolute atomic E-state index is 12.7. The monoisotopic (exact) mass is 372 g/mol. The topological polar surface area (TPSA) is 64.4 Å². The maximum atomic E-state index is 12.7. The van der Waals surface area contributed by atoms with Crippen LogP contribution in [0.5, 0.6) is 5.75 Å². The van der Waals surface area contributed by atoms with Crippen LogP contribution in [0.25, 0.3) is 22.6 Å². The molecule has 0 saturated carbocycles. The van der Waals surface area contributed by atoms with Crippen molar-refractivity contribution in [3.8, 4) is 17.2 Å². The summed E-state index contributed by atoms with van der Waals surface area (Å²) in [5.74, 6) is 0.862. The average Bonchev–Trinajstić information content (AvgIpc) is 3.18. The van der Waals surface area contributed by atoms with Crippen LogP contribution < -0.4 is 10.1 Å². The maximum Gasteiger partial charge on any atom is 0.255 e. The van der Waals surface area contributed by atoms with Gasteiger partial charge in [0.2, 0.25) is 5.89 Å². The van der Waals surface area contributed by atoms with E-state index in [1.54, 1.807) is 13.2 Å². The van der Waals surface area contributed by atoms with E-state index in [2.05, 4.69) is 17.2 Å². The molecule has 1 amide bonds. The number of aromatic nitrogens is 1. The van der Waals surface area contributed by atoms with E-state index in [4.69, 9.17) is 9.15 Å². The fraction of sp³-hybridized carbons (Fsp3) is 0.130. The van der Waals surface area contributed by atoms with E-state index in [-0.39, 0.29) is 5.91 Å². The van der Waals surface area contributed by atoms with Crippen molar-refractivity contribution in [3.05, 3.63) is 77.9 Å². The van der Waals surface area contributed by atoms with Gasteiger partial charge in [0.15, 0.2) is 5.58 Å². The van der Waals surface area contributed by atoms with Crippen molar-refractivity contribution in [2.75, 3.05) is 12.4 Å². The highest BCUT2D eigenvalue weighted by Gasteiger charge is 2.14. The van der Waals surface area contributed by atoms with Gasteiger partial charge in [-0.1, -0.05) is 31.2 Å². The molecule has 5 nitrogen and oxygen atoms in total. The third-order valence-corrected chi connectivity index (χ3v) is 4.61. The number of para-hydroxylation sites is 2. The number of hydrogen-bond acceptors (Lipinski definition) is 4. The molecule has 0 atom stereocenters. The van der Waals surface area contributed by atoms with Gasteiger partial charge in [-0.25, -0.2) is 4.98 Å². The molecular formula is C23H20N2O3. The Morgan fingerprint density at radius 2 is 1.86 bits per heavy atom. The van der Waals surface area contributed by atoms with E-state index in [1.165, 1.54) is 5.56 Å². The molecule has 1 heterocycles. The van der Waals surface area contributed by atoms with Crippen LogP contribution in [0.2, 0.25) is 0 Å². The van der Waals surface area contributed by atoms with Crippen LogP contribution in [0.3, 0.4) is 0 Å². The smallest absolute Gasteiger partial charge is 0.255 e.